The first kappa shape index (κ1) is 23.8. The van der Waals surface area contributed by atoms with Crippen LogP contribution in [0.5, 0.6) is 0 Å². The van der Waals surface area contributed by atoms with E-state index in [1.165, 1.54) is 11.1 Å². The van der Waals surface area contributed by atoms with E-state index in [1.807, 2.05) is 24.3 Å². The van der Waals surface area contributed by atoms with Gasteiger partial charge in [0.2, 0.25) is 5.91 Å². The zero-order chi connectivity index (χ0) is 24.1. The number of rotatable bonds is 9. The predicted molar refractivity (Wildman–Crippen MR) is 128 cm³/mol. The fourth-order valence-corrected chi connectivity index (χ4v) is 5.19. The maximum Gasteiger partial charge on any atom is 0.407 e. The first-order valence-corrected chi connectivity index (χ1v) is 12.0. The summed E-state index contributed by atoms with van der Waals surface area (Å²) in [6.07, 6.45) is 2.33. The number of hydrogen-bond acceptors (Lipinski definition) is 4. The number of alkyl carbamates (subject to hydrolysis) is 1. The van der Waals surface area contributed by atoms with E-state index >= 15 is 0 Å². The van der Waals surface area contributed by atoms with Crippen LogP contribution >= 0.6 is 0 Å². The van der Waals surface area contributed by atoms with Crippen molar-refractivity contribution in [3.63, 3.8) is 0 Å². The van der Waals surface area contributed by atoms with Gasteiger partial charge >= 0.3 is 12.1 Å². The predicted octanol–water partition coefficient (Wildman–Crippen LogP) is 4.17. The molecule has 4 rings (SSSR count). The second-order valence-corrected chi connectivity index (χ2v) is 9.50. The molecule has 1 saturated carbocycles. The molecular weight excluding hydrogens is 432 g/mol. The van der Waals surface area contributed by atoms with E-state index in [0.717, 1.165) is 30.4 Å². The summed E-state index contributed by atoms with van der Waals surface area (Å²) in [7, 11) is 0. The van der Waals surface area contributed by atoms with Crippen LogP contribution in [0.2, 0.25) is 0 Å². The lowest BCUT2D eigenvalue weighted by molar-refractivity contribution is -0.138. The SMILES string of the molecule is CC(CNC(=O)OCC1c2ccccc2-c2ccccc21)C(=O)NCC1CCC(CC(=O)O)C1. The van der Waals surface area contributed by atoms with E-state index in [9.17, 15) is 14.4 Å². The lowest BCUT2D eigenvalue weighted by Crippen LogP contribution is -2.39. The van der Waals surface area contributed by atoms with Gasteiger partial charge in [-0.15, -0.1) is 0 Å². The molecule has 0 spiro atoms. The number of fused-ring (bicyclic) bond motifs is 3. The van der Waals surface area contributed by atoms with Crippen LogP contribution in [-0.4, -0.2) is 42.8 Å². The number of amides is 2. The summed E-state index contributed by atoms with van der Waals surface area (Å²) in [6, 6.07) is 16.3. The van der Waals surface area contributed by atoms with Gasteiger partial charge in [0.05, 0.1) is 5.92 Å². The van der Waals surface area contributed by atoms with Crippen LogP contribution in [0.25, 0.3) is 11.1 Å². The molecule has 0 aliphatic heterocycles. The van der Waals surface area contributed by atoms with Crippen molar-refractivity contribution in [1.82, 2.24) is 10.6 Å². The van der Waals surface area contributed by atoms with Crippen LogP contribution in [0.4, 0.5) is 4.79 Å². The molecule has 3 atom stereocenters. The highest BCUT2D eigenvalue weighted by atomic mass is 16.5. The molecule has 0 radical (unpaired) electrons. The molecule has 0 heterocycles. The molecule has 2 aliphatic rings. The maximum atomic E-state index is 12.4. The highest BCUT2D eigenvalue weighted by molar-refractivity contribution is 5.80. The average molecular weight is 465 g/mol. The number of aliphatic carboxylic acids is 1. The Morgan fingerprint density at radius 2 is 1.59 bits per heavy atom. The number of carboxylic acid groups (broad SMARTS) is 1. The van der Waals surface area contributed by atoms with Crippen molar-refractivity contribution < 1.29 is 24.2 Å². The van der Waals surface area contributed by atoms with Gasteiger partial charge < -0.3 is 20.5 Å². The van der Waals surface area contributed by atoms with Gasteiger partial charge in [0.15, 0.2) is 0 Å². The molecule has 2 aliphatic carbocycles. The molecule has 0 bridgehead atoms. The summed E-state index contributed by atoms with van der Waals surface area (Å²) in [5.41, 5.74) is 4.66. The summed E-state index contributed by atoms with van der Waals surface area (Å²) < 4.78 is 5.52. The Morgan fingerprint density at radius 1 is 0.971 bits per heavy atom. The van der Waals surface area contributed by atoms with E-state index in [1.54, 1.807) is 6.92 Å². The molecule has 2 aromatic carbocycles. The topological polar surface area (TPSA) is 105 Å². The molecule has 1 fully saturated rings. The molecule has 34 heavy (non-hydrogen) atoms. The Morgan fingerprint density at radius 3 is 2.24 bits per heavy atom. The highest BCUT2D eigenvalue weighted by Crippen LogP contribution is 2.44. The number of nitrogens with one attached hydrogen (secondary N) is 2. The fraction of sp³-hybridized carbons (Fsp3) is 0.444. The largest absolute Gasteiger partial charge is 0.481 e. The number of carbonyl (C=O) groups excluding carboxylic acids is 2. The minimum atomic E-state index is -0.761. The van der Waals surface area contributed by atoms with Gasteiger partial charge in [0.1, 0.15) is 6.61 Å². The first-order chi connectivity index (χ1) is 16.4. The van der Waals surface area contributed by atoms with Crippen molar-refractivity contribution in [3.05, 3.63) is 59.7 Å². The van der Waals surface area contributed by atoms with Crippen LogP contribution in [0.3, 0.4) is 0 Å². The van der Waals surface area contributed by atoms with E-state index in [2.05, 4.69) is 34.9 Å². The molecule has 180 valence electrons. The minimum Gasteiger partial charge on any atom is -0.481 e. The van der Waals surface area contributed by atoms with E-state index in [4.69, 9.17) is 9.84 Å². The Kier molecular flexibility index (Phi) is 7.50. The summed E-state index contributed by atoms with van der Waals surface area (Å²) in [5.74, 6) is -0.766. The van der Waals surface area contributed by atoms with Gasteiger partial charge in [0.25, 0.3) is 0 Å². The normalized spacial score (nSPS) is 19.7. The molecule has 2 amide bonds. The van der Waals surface area contributed by atoms with Crippen molar-refractivity contribution in [3.8, 4) is 11.1 Å². The van der Waals surface area contributed by atoms with Crippen LogP contribution in [0.1, 0.15) is 49.7 Å². The third kappa shape index (κ3) is 5.58. The lowest BCUT2D eigenvalue weighted by atomic mass is 9.98. The van der Waals surface area contributed by atoms with Gasteiger partial charge in [-0.25, -0.2) is 4.79 Å². The summed E-state index contributed by atoms with van der Waals surface area (Å²) in [5, 5.41) is 14.6. The van der Waals surface area contributed by atoms with Crippen LogP contribution in [-0.2, 0) is 14.3 Å². The maximum absolute atomic E-state index is 12.4. The van der Waals surface area contributed by atoms with E-state index in [-0.39, 0.29) is 37.3 Å². The molecule has 3 unspecified atom stereocenters. The van der Waals surface area contributed by atoms with Gasteiger partial charge in [-0.05, 0) is 53.4 Å². The Bertz CT molecular complexity index is 1010. The zero-order valence-electron chi connectivity index (χ0n) is 19.5. The molecule has 7 heteroatoms. The second-order valence-electron chi connectivity index (χ2n) is 9.50. The van der Waals surface area contributed by atoms with Crippen molar-refractivity contribution in [2.45, 2.75) is 38.5 Å². The fourth-order valence-electron chi connectivity index (χ4n) is 5.19. The summed E-state index contributed by atoms with van der Waals surface area (Å²) in [6.45, 7) is 2.74. The molecular formula is C27H32N2O5. The van der Waals surface area contributed by atoms with Gasteiger partial charge in [-0.1, -0.05) is 55.5 Å². The summed E-state index contributed by atoms with van der Waals surface area (Å²) in [4.78, 5) is 35.6. The van der Waals surface area contributed by atoms with Gasteiger partial charge in [-0.3, -0.25) is 9.59 Å². The van der Waals surface area contributed by atoms with E-state index in [0.29, 0.717) is 12.5 Å². The number of carboxylic acids is 1. The molecule has 2 aromatic rings. The van der Waals surface area contributed by atoms with Gasteiger partial charge in [0, 0.05) is 25.4 Å². The molecule has 3 N–H and O–H groups in total. The van der Waals surface area contributed by atoms with Crippen LogP contribution in [0, 0.1) is 17.8 Å². The number of carbonyl (C=O) groups is 3. The Labute approximate surface area is 199 Å². The van der Waals surface area contributed by atoms with Crippen molar-refractivity contribution in [1.29, 1.82) is 0 Å². The van der Waals surface area contributed by atoms with Crippen molar-refractivity contribution in [2.75, 3.05) is 19.7 Å². The Hall–Kier alpha value is -3.35. The van der Waals surface area contributed by atoms with Gasteiger partial charge in [-0.2, -0.15) is 0 Å². The van der Waals surface area contributed by atoms with Crippen molar-refractivity contribution >= 4 is 18.0 Å². The molecule has 7 nitrogen and oxygen atoms in total. The van der Waals surface area contributed by atoms with Crippen LogP contribution in [0.15, 0.2) is 48.5 Å². The first-order valence-electron chi connectivity index (χ1n) is 12.0. The molecule has 0 aromatic heterocycles. The highest BCUT2D eigenvalue weighted by Gasteiger charge is 2.29. The standard InChI is InChI=1S/C27H32N2O5/c1-17(26(32)28-15-19-11-10-18(12-19)13-25(30)31)14-29-27(33)34-16-24-22-8-4-2-6-20(22)21-7-3-5-9-23(21)24/h2-9,17-19,24H,10-16H2,1H3,(H,28,32)(H,29,33)(H,30,31). The van der Waals surface area contributed by atoms with Crippen molar-refractivity contribution in [2.24, 2.45) is 17.8 Å². The van der Waals surface area contributed by atoms with E-state index < -0.39 is 18.0 Å². The minimum absolute atomic E-state index is 0.00441. The number of ether oxygens (including phenoxy) is 1. The average Bonchev–Trinajstić information content (AvgIpc) is 3.41. The third-order valence-corrected chi connectivity index (χ3v) is 7.02. The summed E-state index contributed by atoms with van der Waals surface area (Å²) >= 11 is 0. The third-order valence-electron chi connectivity index (χ3n) is 7.02. The second kappa shape index (κ2) is 10.7. The lowest BCUT2D eigenvalue weighted by Gasteiger charge is -2.17. The smallest absolute Gasteiger partial charge is 0.407 e. The quantitative estimate of drug-likeness (QED) is 0.517. The molecule has 0 saturated heterocycles. The Balaban J connectivity index is 1.19. The number of benzene rings is 2. The van der Waals surface area contributed by atoms with Crippen LogP contribution < -0.4 is 10.6 Å². The number of hydrogen-bond donors (Lipinski definition) is 3. The zero-order valence-corrected chi connectivity index (χ0v) is 19.5. The monoisotopic (exact) mass is 464 g/mol.